The highest BCUT2D eigenvalue weighted by Crippen LogP contribution is 2.34. The Kier molecular flexibility index (Phi) is 9.61. The van der Waals surface area contributed by atoms with Gasteiger partial charge in [-0.3, -0.25) is 9.59 Å². The van der Waals surface area contributed by atoms with Crippen molar-refractivity contribution < 1.29 is 36.3 Å². The van der Waals surface area contributed by atoms with E-state index in [9.17, 15) is 31.5 Å². The molecule has 2 heterocycles. The molecule has 0 saturated carbocycles. The summed E-state index contributed by atoms with van der Waals surface area (Å²) in [5.41, 5.74) is 0.941. The van der Waals surface area contributed by atoms with Crippen LogP contribution in [0.3, 0.4) is 0 Å². The van der Waals surface area contributed by atoms with Crippen LogP contribution in [-0.4, -0.2) is 52.7 Å². The minimum absolute atomic E-state index is 0.0248. The van der Waals surface area contributed by atoms with Crippen molar-refractivity contribution in [2.45, 2.75) is 51.4 Å². The van der Waals surface area contributed by atoms with Crippen LogP contribution in [0.2, 0.25) is 10.0 Å². The van der Waals surface area contributed by atoms with Crippen molar-refractivity contribution in [3.8, 4) is 5.75 Å². The summed E-state index contributed by atoms with van der Waals surface area (Å²) in [4.78, 5) is 32.1. The zero-order valence-corrected chi connectivity index (χ0v) is 27.0. The number of aryl methyl sites for hydroxylation is 1. The second-order valence-corrected chi connectivity index (χ2v) is 12.4. The Hall–Kier alpha value is -4.10. The molecule has 8 nitrogen and oxygen atoms in total. The van der Waals surface area contributed by atoms with Crippen molar-refractivity contribution in [1.82, 2.24) is 14.9 Å². The zero-order valence-electron chi connectivity index (χ0n) is 25.4. The van der Waals surface area contributed by atoms with E-state index in [4.69, 9.17) is 28.2 Å². The number of imidazole rings is 1. The van der Waals surface area contributed by atoms with Crippen LogP contribution in [0.5, 0.6) is 5.75 Å². The van der Waals surface area contributed by atoms with Gasteiger partial charge in [-0.1, -0.05) is 29.3 Å². The topological polar surface area (TPSA) is 88.5 Å². The van der Waals surface area contributed by atoms with Gasteiger partial charge in [-0.2, -0.15) is 0 Å². The van der Waals surface area contributed by atoms with E-state index < -0.39 is 35.8 Å². The van der Waals surface area contributed by atoms with E-state index in [0.29, 0.717) is 45.2 Å². The highest BCUT2D eigenvalue weighted by molar-refractivity contribution is 6.36. The van der Waals surface area contributed by atoms with E-state index in [1.54, 1.807) is 40.8 Å². The fourth-order valence-corrected chi connectivity index (χ4v) is 5.81. The van der Waals surface area contributed by atoms with Crippen LogP contribution < -0.4 is 20.3 Å². The van der Waals surface area contributed by atoms with E-state index in [2.05, 4.69) is 15.4 Å². The molecule has 0 spiro atoms. The van der Waals surface area contributed by atoms with Gasteiger partial charge >= 0.3 is 6.36 Å². The predicted molar refractivity (Wildman–Crippen MR) is 170 cm³/mol. The van der Waals surface area contributed by atoms with Gasteiger partial charge in [0.25, 0.3) is 11.8 Å². The number of fused-ring (bicyclic) bond motifs is 1. The van der Waals surface area contributed by atoms with Crippen molar-refractivity contribution in [1.29, 1.82) is 0 Å². The van der Waals surface area contributed by atoms with Crippen LogP contribution in [0, 0.1) is 0 Å². The number of rotatable bonds is 9. The molecule has 1 aliphatic rings. The molecular weight excluding hydrogens is 668 g/mol. The van der Waals surface area contributed by atoms with Crippen molar-refractivity contribution in [3.05, 3.63) is 81.1 Å². The molecule has 3 aromatic carbocycles. The number of aromatic nitrogens is 2. The van der Waals surface area contributed by atoms with E-state index in [1.165, 1.54) is 12.1 Å². The summed E-state index contributed by atoms with van der Waals surface area (Å²) >= 11 is 13.2. The Balaban J connectivity index is 1.46. The molecule has 1 atom stereocenters. The lowest BCUT2D eigenvalue weighted by molar-refractivity contribution is -0.274. The maximum atomic E-state index is 14.3. The van der Waals surface area contributed by atoms with Crippen molar-refractivity contribution in [2.75, 3.05) is 23.3 Å². The molecule has 1 aliphatic heterocycles. The number of ether oxygens (including phenoxy) is 1. The van der Waals surface area contributed by atoms with Gasteiger partial charge in [0.05, 0.1) is 27.3 Å². The molecule has 4 aromatic rings. The summed E-state index contributed by atoms with van der Waals surface area (Å²) in [7, 11) is 1.77. The van der Waals surface area contributed by atoms with Gasteiger partial charge in [-0.05, 0) is 73.9 Å². The van der Waals surface area contributed by atoms with Crippen LogP contribution >= 0.6 is 23.2 Å². The average Bonchev–Trinajstić information content (AvgIpc) is 3.55. The summed E-state index contributed by atoms with van der Waals surface area (Å²) in [6.07, 6.45) is -5.49. The lowest BCUT2D eigenvalue weighted by Crippen LogP contribution is -2.38. The lowest BCUT2D eigenvalue weighted by Gasteiger charge is -2.21. The van der Waals surface area contributed by atoms with Crippen molar-refractivity contribution in [3.63, 3.8) is 0 Å². The monoisotopic (exact) mass is 697 g/mol. The number of alkyl halides is 5. The molecule has 47 heavy (non-hydrogen) atoms. The van der Waals surface area contributed by atoms with Gasteiger partial charge in [-0.25, -0.2) is 13.8 Å². The average molecular weight is 699 g/mol. The third-order valence-electron chi connectivity index (χ3n) is 7.73. The lowest BCUT2D eigenvalue weighted by atomic mass is 10.1. The zero-order chi connectivity index (χ0) is 34.3. The molecule has 0 bridgehead atoms. The number of anilines is 2. The number of carbonyl (C=O) groups excluding carboxylic acids is 2. The quantitative estimate of drug-likeness (QED) is 0.177. The molecule has 1 fully saturated rings. The standard InChI is InChI=1S/C32H30Cl2F5N5O3/c1-31(2,36)30(46)40-15-17-4-9-23(33)21(28(17)34)13-27-42-24-12-22(25(14-26(24)43(27)3)44-11-10-18(35)16-44)29(45)41-19-5-7-20(8-6-19)47-32(37,38)39/h4-9,12,14,18H,10-11,13,15-16H2,1-3H3,(H,40,46)(H,41,45)/t18-/m1/s1. The molecular formula is C32H30Cl2F5N5O3. The Morgan fingerprint density at radius 1 is 1.06 bits per heavy atom. The van der Waals surface area contributed by atoms with Crippen LogP contribution in [0.4, 0.5) is 33.3 Å². The number of nitrogens with zero attached hydrogens (tertiary/aromatic N) is 3. The molecule has 2 N–H and O–H groups in total. The molecule has 250 valence electrons. The molecule has 0 radical (unpaired) electrons. The molecule has 5 rings (SSSR count). The first-order valence-corrected chi connectivity index (χ1v) is 15.2. The Morgan fingerprint density at radius 2 is 1.77 bits per heavy atom. The molecule has 0 aliphatic carbocycles. The molecule has 2 amide bonds. The smallest absolute Gasteiger partial charge is 0.406 e. The van der Waals surface area contributed by atoms with E-state index in [-0.39, 0.29) is 42.2 Å². The summed E-state index contributed by atoms with van der Waals surface area (Å²) in [5, 5.41) is 5.83. The largest absolute Gasteiger partial charge is 0.573 e. The molecule has 15 heteroatoms. The number of benzene rings is 3. The maximum absolute atomic E-state index is 14.3. The molecule has 0 unspecified atom stereocenters. The van der Waals surface area contributed by atoms with Gasteiger partial charge in [-0.15, -0.1) is 13.2 Å². The minimum atomic E-state index is -4.86. The summed E-state index contributed by atoms with van der Waals surface area (Å²) in [5.74, 6) is -1.27. The van der Waals surface area contributed by atoms with E-state index in [1.807, 2.05) is 0 Å². The Labute approximate surface area is 276 Å². The number of amides is 2. The summed E-state index contributed by atoms with van der Waals surface area (Å²) < 4.78 is 71.6. The van der Waals surface area contributed by atoms with Crippen LogP contribution in [0.15, 0.2) is 48.5 Å². The maximum Gasteiger partial charge on any atom is 0.573 e. The van der Waals surface area contributed by atoms with Gasteiger partial charge in [0, 0.05) is 43.8 Å². The number of hydrogen-bond donors (Lipinski definition) is 2. The van der Waals surface area contributed by atoms with Gasteiger partial charge in [0.1, 0.15) is 17.7 Å². The second kappa shape index (κ2) is 13.2. The second-order valence-electron chi connectivity index (χ2n) is 11.6. The van der Waals surface area contributed by atoms with Crippen LogP contribution in [0.25, 0.3) is 11.0 Å². The van der Waals surface area contributed by atoms with E-state index in [0.717, 1.165) is 26.0 Å². The first kappa shape index (κ1) is 34.2. The van der Waals surface area contributed by atoms with Gasteiger partial charge in [0.2, 0.25) is 0 Å². The summed E-state index contributed by atoms with van der Waals surface area (Å²) in [6, 6.07) is 11.3. The predicted octanol–water partition coefficient (Wildman–Crippen LogP) is 7.53. The highest BCUT2D eigenvalue weighted by Gasteiger charge is 2.31. The normalized spacial score (nSPS) is 15.3. The van der Waals surface area contributed by atoms with Crippen molar-refractivity contribution >= 4 is 57.4 Å². The first-order valence-electron chi connectivity index (χ1n) is 14.5. The SMILES string of the molecule is Cn1c(Cc2c(Cl)ccc(CNC(=O)C(C)(C)F)c2Cl)nc2cc(C(=O)Nc3ccc(OC(F)(F)F)cc3)c(N3CC[C@@H](F)C3)cc21. The third-order valence-corrected chi connectivity index (χ3v) is 8.56. The third kappa shape index (κ3) is 7.90. The molecule has 1 saturated heterocycles. The molecule has 1 aromatic heterocycles. The van der Waals surface area contributed by atoms with Crippen LogP contribution in [-0.2, 0) is 24.8 Å². The Morgan fingerprint density at radius 3 is 2.38 bits per heavy atom. The number of halogens is 7. The van der Waals surface area contributed by atoms with Gasteiger partial charge in [0.15, 0.2) is 5.67 Å². The van der Waals surface area contributed by atoms with Gasteiger partial charge < -0.3 is 24.8 Å². The fourth-order valence-electron chi connectivity index (χ4n) is 5.24. The van der Waals surface area contributed by atoms with E-state index >= 15 is 0 Å². The number of nitrogens with one attached hydrogen (secondary N) is 2. The number of hydrogen-bond acceptors (Lipinski definition) is 5. The minimum Gasteiger partial charge on any atom is -0.406 e. The first-order chi connectivity index (χ1) is 22.0. The van der Waals surface area contributed by atoms with Crippen molar-refractivity contribution in [2.24, 2.45) is 7.05 Å². The Bertz CT molecular complexity index is 1820. The highest BCUT2D eigenvalue weighted by atomic mass is 35.5. The van der Waals surface area contributed by atoms with Crippen LogP contribution in [0.1, 0.15) is 47.6 Å². The number of carbonyl (C=O) groups is 2. The summed E-state index contributed by atoms with van der Waals surface area (Å²) in [6.45, 7) is 2.72. The fraction of sp³-hybridized carbons (Fsp3) is 0.344.